The minimum absolute atomic E-state index is 0.0177. The summed E-state index contributed by atoms with van der Waals surface area (Å²) in [6.07, 6.45) is 5.28. The maximum atomic E-state index is 11.1. The van der Waals surface area contributed by atoms with Crippen LogP contribution >= 0.6 is 11.3 Å². The van der Waals surface area contributed by atoms with Gasteiger partial charge in [0.15, 0.2) is 5.13 Å². The number of carbonyl (C=O) groups is 1. The molecule has 0 radical (unpaired) electrons. The molecule has 0 spiro atoms. The zero-order chi connectivity index (χ0) is 13.0. The smallest absolute Gasteiger partial charge is 0.360 e. The maximum Gasteiger partial charge on any atom is 0.360 e. The van der Waals surface area contributed by atoms with Crippen molar-refractivity contribution in [2.45, 2.75) is 38.2 Å². The van der Waals surface area contributed by atoms with Gasteiger partial charge in [-0.3, -0.25) is 0 Å². The monoisotopic (exact) mass is 269 g/mol. The third-order valence-electron chi connectivity index (χ3n) is 2.81. The molecule has 1 aromatic heterocycles. The highest BCUT2D eigenvalue weighted by Gasteiger charge is 2.19. The van der Waals surface area contributed by atoms with E-state index in [2.05, 4.69) is 10.1 Å². The molecule has 1 aliphatic carbocycles. The fourth-order valence-corrected chi connectivity index (χ4v) is 2.44. The Morgan fingerprint density at radius 2 is 2.22 bits per heavy atom. The number of hydrogen-bond acceptors (Lipinski definition) is 6. The molecule has 0 unspecified atom stereocenters. The number of rotatable bonds is 4. The van der Waals surface area contributed by atoms with Gasteiger partial charge in [-0.25, -0.2) is 9.78 Å². The van der Waals surface area contributed by atoms with Crippen molar-refractivity contribution < 1.29 is 14.7 Å². The zero-order valence-corrected chi connectivity index (χ0v) is 10.7. The van der Waals surface area contributed by atoms with Crippen LogP contribution in [0.3, 0.4) is 0 Å². The molecule has 0 saturated heterocycles. The summed E-state index contributed by atoms with van der Waals surface area (Å²) in [5.74, 6) is -1.16. The number of nitrogens with zero attached hydrogens (tertiary/aromatic N) is 2. The number of aliphatic carboxylic acids is 1. The van der Waals surface area contributed by atoms with E-state index < -0.39 is 5.97 Å². The normalized spacial score (nSPS) is 17.7. The van der Waals surface area contributed by atoms with Crippen LogP contribution in [0.1, 0.15) is 37.8 Å². The number of thiazole rings is 1. The van der Waals surface area contributed by atoms with Gasteiger partial charge in [-0.2, -0.15) is 0 Å². The predicted molar refractivity (Wildman–Crippen MR) is 68.7 cm³/mol. The molecule has 1 aliphatic rings. The van der Waals surface area contributed by atoms with E-state index in [1.807, 2.05) is 0 Å². The molecule has 6 nitrogen and oxygen atoms in total. The summed E-state index contributed by atoms with van der Waals surface area (Å²) in [6.45, 7) is 0. The second kappa shape index (κ2) is 5.81. The van der Waals surface area contributed by atoms with Gasteiger partial charge in [0, 0.05) is 5.38 Å². The highest BCUT2D eigenvalue weighted by Crippen LogP contribution is 2.21. The molecule has 7 heteroatoms. The van der Waals surface area contributed by atoms with E-state index in [1.54, 1.807) is 5.38 Å². The molecule has 1 saturated carbocycles. The van der Waals surface area contributed by atoms with E-state index in [-0.39, 0.29) is 17.5 Å². The first-order valence-corrected chi connectivity index (χ1v) is 6.73. The van der Waals surface area contributed by atoms with Crippen molar-refractivity contribution in [3.8, 4) is 0 Å². The van der Waals surface area contributed by atoms with Crippen LogP contribution in [-0.2, 0) is 9.63 Å². The highest BCUT2D eigenvalue weighted by atomic mass is 32.1. The summed E-state index contributed by atoms with van der Waals surface area (Å²) < 4.78 is 0. The fourth-order valence-electron chi connectivity index (χ4n) is 1.89. The van der Waals surface area contributed by atoms with E-state index in [0.29, 0.717) is 5.13 Å². The van der Waals surface area contributed by atoms with Gasteiger partial charge in [0.1, 0.15) is 11.8 Å². The second-order valence-electron chi connectivity index (χ2n) is 4.18. The minimum atomic E-state index is -1.16. The van der Waals surface area contributed by atoms with Crippen molar-refractivity contribution in [3.05, 3.63) is 11.1 Å². The highest BCUT2D eigenvalue weighted by molar-refractivity contribution is 7.13. The summed E-state index contributed by atoms with van der Waals surface area (Å²) in [5.41, 5.74) is 5.54. The first kappa shape index (κ1) is 12.8. The Bertz CT molecular complexity index is 452. The van der Waals surface area contributed by atoms with Crippen LogP contribution < -0.4 is 5.73 Å². The lowest BCUT2D eigenvalue weighted by molar-refractivity contribution is -0.129. The quantitative estimate of drug-likeness (QED) is 0.642. The number of hydrogen-bond donors (Lipinski definition) is 2. The average Bonchev–Trinajstić information content (AvgIpc) is 2.77. The number of anilines is 1. The molecule has 0 atom stereocenters. The van der Waals surface area contributed by atoms with Crippen LogP contribution in [-0.4, -0.2) is 27.9 Å². The largest absolute Gasteiger partial charge is 0.476 e. The topological polar surface area (TPSA) is 97.8 Å². The predicted octanol–water partition coefficient (Wildman–Crippen LogP) is 1.86. The van der Waals surface area contributed by atoms with Gasteiger partial charge in [0.2, 0.25) is 5.71 Å². The molecular formula is C11H15N3O3S. The second-order valence-corrected chi connectivity index (χ2v) is 5.07. The molecule has 1 aromatic rings. The van der Waals surface area contributed by atoms with Crippen molar-refractivity contribution >= 4 is 28.1 Å². The maximum absolute atomic E-state index is 11.1. The third kappa shape index (κ3) is 3.19. The molecule has 0 bridgehead atoms. The Labute approximate surface area is 108 Å². The van der Waals surface area contributed by atoms with Crippen LogP contribution in [0.15, 0.2) is 10.5 Å². The summed E-state index contributed by atoms with van der Waals surface area (Å²) in [7, 11) is 0. The van der Waals surface area contributed by atoms with Crippen LogP contribution in [0.2, 0.25) is 0 Å². The average molecular weight is 269 g/mol. The van der Waals surface area contributed by atoms with Gasteiger partial charge in [-0.05, 0) is 25.7 Å². The molecule has 18 heavy (non-hydrogen) atoms. The van der Waals surface area contributed by atoms with Crippen molar-refractivity contribution in [1.82, 2.24) is 4.98 Å². The van der Waals surface area contributed by atoms with Crippen molar-refractivity contribution in [2.75, 3.05) is 5.73 Å². The Morgan fingerprint density at radius 3 is 2.78 bits per heavy atom. The summed E-state index contributed by atoms with van der Waals surface area (Å²) in [4.78, 5) is 20.3. The Balaban J connectivity index is 2.07. The van der Waals surface area contributed by atoms with Gasteiger partial charge in [-0.1, -0.05) is 11.6 Å². The molecule has 98 valence electrons. The summed E-state index contributed by atoms with van der Waals surface area (Å²) in [6, 6.07) is 0. The van der Waals surface area contributed by atoms with Crippen LogP contribution in [0.25, 0.3) is 0 Å². The summed E-state index contributed by atoms with van der Waals surface area (Å²) >= 11 is 1.18. The van der Waals surface area contributed by atoms with E-state index >= 15 is 0 Å². The molecule has 2 rings (SSSR count). The van der Waals surface area contributed by atoms with Crippen LogP contribution in [0, 0.1) is 0 Å². The third-order valence-corrected chi connectivity index (χ3v) is 3.49. The van der Waals surface area contributed by atoms with Gasteiger partial charge in [0.25, 0.3) is 0 Å². The standard InChI is InChI=1S/C11H15N3O3S/c12-11-13-8(6-18-11)9(10(15)16)14-17-7-4-2-1-3-5-7/h6-7H,1-5H2,(H2,12,13)(H,15,16)/b14-9+. The summed E-state index contributed by atoms with van der Waals surface area (Å²) in [5, 5.41) is 14.7. The van der Waals surface area contributed by atoms with Gasteiger partial charge < -0.3 is 15.7 Å². The molecule has 0 aliphatic heterocycles. The SMILES string of the molecule is Nc1nc(/C(=N\OC2CCCCC2)C(=O)O)cs1. The molecule has 0 amide bonds. The number of oxime groups is 1. The number of nitrogens with two attached hydrogens (primary N) is 1. The van der Waals surface area contributed by atoms with Gasteiger partial charge in [0.05, 0.1) is 0 Å². The van der Waals surface area contributed by atoms with Crippen molar-refractivity contribution in [3.63, 3.8) is 0 Å². The first-order valence-electron chi connectivity index (χ1n) is 5.85. The lowest BCUT2D eigenvalue weighted by Gasteiger charge is -2.19. The molecule has 3 N–H and O–H groups in total. The fraction of sp³-hybridized carbons (Fsp3) is 0.545. The number of carboxylic acids is 1. The lowest BCUT2D eigenvalue weighted by Crippen LogP contribution is -2.19. The lowest BCUT2D eigenvalue weighted by atomic mass is 9.98. The van der Waals surface area contributed by atoms with E-state index in [0.717, 1.165) is 25.7 Å². The van der Waals surface area contributed by atoms with Crippen molar-refractivity contribution in [2.24, 2.45) is 5.16 Å². The molecule has 1 fully saturated rings. The van der Waals surface area contributed by atoms with E-state index in [9.17, 15) is 4.79 Å². The van der Waals surface area contributed by atoms with E-state index in [4.69, 9.17) is 15.7 Å². The first-order chi connectivity index (χ1) is 8.66. The van der Waals surface area contributed by atoms with Crippen LogP contribution in [0.4, 0.5) is 5.13 Å². The zero-order valence-electron chi connectivity index (χ0n) is 9.83. The molecule has 1 heterocycles. The minimum Gasteiger partial charge on any atom is -0.476 e. The number of nitrogen functional groups attached to an aromatic ring is 1. The Kier molecular flexibility index (Phi) is 4.14. The Hall–Kier alpha value is -1.63. The Morgan fingerprint density at radius 1 is 1.50 bits per heavy atom. The number of carboxylic acid groups (broad SMARTS) is 1. The van der Waals surface area contributed by atoms with Crippen molar-refractivity contribution in [1.29, 1.82) is 0 Å². The van der Waals surface area contributed by atoms with Gasteiger partial charge in [-0.15, -0.1) is 11.3 Å². The van der Waals surface area contributed by atoms with E-state index in [1.165, 1.54) is 17.8 Å². The van der Waals surface area contributed by atoms with Crippen LogP contribution in [0.5, 0.6) is 0 Å². The molecule has 0 aromatic carbocycles. The number of aromatic nitrogens is 1. The van der Waals surface area contributed by atoms with Gasteiger partial charge >= 0.3 is 5.97 Å². The molecular weight excluding hydrogens is 254 g/mol.